The molecule has 1 fully saturated rings. The molecule has 2 N–H and O–H groups in total. The summed E-state index contributed by atoms with van der Waals surface area (Å²) in [4.78, 5) is 14.1. The molecule has 1 atom stereocenters. The Balaban J connectivity index is 2.07. The average Bonchev–Trinajstić information content (AvgIpc) is 2.48. The van der Waals surface area contributed by atoms with Crippen molar-refractivity contribution in [2.45, 2.75) is 25.7 Å². The second-order valence-electron chi connectivity index (χ2n) is 5.26. The van der Waals surface area contributed by atoms with Gasteiger partial charge in [-0.15, -0.1) is 0 Å². The van der Waals surface area contributed by atoms with Crippen LogP contribution < -0.4 is 5.73 Å². The van der Waals surface area contributed by atoms with Crippen molar-refractivity contribution in [2.24, 2.45) is 11.7 Å². The first kappa shape index (κ1) is 14.9. The molecule has 0 saturated carbocycles. The van der Waals surface area contributed by atoms with E-state index in [4.69, 9.17) is 5.73 Å². The summed E-state index contributed by atoms with van der Waals surface area (Å²) in [5.74, 6) is -1.51. The highest BCUT2D eigenvalue weighted by Crippen LogP contribution is 2.18. The van der Waals surface area contributed by atoms with Gasteiger partial charge in [-0.05, 0) is 49.4 Å². The number of rotatable bonds is 4. The molecule has 1 aromatic carbocycles. The number of amides is 1. The molecule has 2 rings (SSSR count). The van der Waals surface area contributed by atoms with E-state index in [0.717, 1.165) is 50.6 Å². The summed E-state index contributed by atoms with van der Waals surface area (Å²) in [7, 11) is 0. The highest BCUT2D eigenvalue weighted by atomic mass is 19.1. The molecule has 0 radical (unpaired) electrons. The molecule has 20 heavy (non-hydrogen) atoms. The molecule has 3 nitrogen and oxygen atoms in total. The largest absolute Gasteiger partial charge is 0.342 e. The van der Waals surface area contributed by atoms with Gasteiger partial charge in [-0.3, -0.25) is 4.79 Å². The van der Waals surface area contributed by atoms with Crippen LogP contribution in [0.15, 0.2) is 18.2 Å². The van der Waals surface area contributed by atoms with E-state index in [2.05, 4.69) is 0 Å². The molecular formula is C15H20F2N2O. The van der Waals surface area contributed by atoms with Gasteiger partial charge in [0, 0.05) is 19.6 Å². The van der Waals surface area contributed by atoms with Crippen molar-refractivity contribution in [1.82, 2.24) is 4.90 Å². The van der Waals surface area contributed by atoms with Crippen molar-refractivity contribution in [3.8, 4) is 0 Å². The average molecular weight is 282 g/mol. The lowest BCUT2D eigenvalue weighted by Crippen LogP contribution is -2.42. The smallest absolute Gasteiger partial charge is 0.227 e. The van der Waals surface area contributed by atoms with Crippen LogP contribution in [0, 0.1) is 17.6 Å². The normalized spacial score (nSPS) is 17.1. The van der Waals surface area contributed by atoms with Crippen LogP contribution >= 0.6 is 0 Å². The Morgan fingerprint density at radius 1 is 1.25 bits per heavy atom. The molecule has 0 bridgehead atoms. The third-order valence-corrected chi connectivity index (χ3v) is 3.78. The minimum atomic E-state index is -0.498. The van der Waals surface area contributed by atoms with E-state index in [9.17, 15) is 13.6 Å². The SMILES string of the molecule is NCC(Cc1cc(F)ccc1F)C(=O)N1CCCCC1. The number of nitrogens with zero attached hydrogens (tertiary/aromatic N) is 1. The zero-order valence-corrected chi connectivity index (χ0v) is 11.4. The topological polar surface area (TPSA) is 46.3 Å². The van der Waals surface area contributed by atoms with Crippen LogP contribution in [0.1, 0.15) is 24.8 Å². The number of piperidine rings is 1. The Bertz CT molecular complexity index is 473. The number of carbonyl (C=O) groups is 1. The van der Waals surface area contributed by atoms with E-state index >= 15 is 0 Å². The third-order valence-electron chi connectivity index (χ3n) is 3.78. The van der Waals surface area contributed by atoms with Gasteiger partial charge in [-0.25, -0.2) is 8.78 Å². The number of nitrogens with two attached hydrogens (primary N) is 1. The van der Waals surface area contributed by atoms with E-state index in [-0.39, 0.29) is 24.4 Å². The molecule has 5 heteroatoms. The molecule has 110 valence electrons. The van der Waals surface area contributed by atoms with Crippen molar-refractivity contribution >= 4 is 5.91 Å². The summed E-state index contributed by atoms with van der Waals surface area (Å²) in [6, 6.07) is 3.30. The maximum absolute atomic E-state index is 13.6. The van der Waals surface area contributed by atoms with E-state index in [1.807, 2.05) is 0 Å². The quantitative estimate of drug-likeness (QED) is 0.919. The summed E-state index contributed by atoms with van der Waals surface area (Å²) in [5.41, 5.74) is 5.87. The van der Waals surface area contributed by atoms with E-state index < -0.39 is 17.6 Å². The van der Waals surface area contributed by atoms with Crippen LogP contribution in [0.3, 0.4) is 0 Å². The number of benzene rings is 1. The van der Waals surface area contributed by atoms with Crippen molar-refractivity contribution in [2.75, 3.05) is 19.6 Å². The Morgan fingerprint density at radius 3 is 2.60 bits per heavy atom. The molecule has 0 aromatic heterocycles. The predicted octanol–water partition coefficient (Wildman–Crippen LogP) is 2.09. The molecule has 1 aliphatic heterocycles. The minimum absolute atomic E-state index is 0.0455. The maximum atomic E-state index is 13.6. The number of carbonyl (C=O) groups excluding carboxylic acids is 1. The van der Waals surface area contributed by atoms with Gasteiger partial charge in [0.25, 0.3) is 0 Å². The summed E-state index contributed by atoms with van der Waals surface area (Å²) in [5, 5.41) is 0. The fraction of sp³-hybridized carbons (Fsp3) is 0.533. The first-order valence-corrected chi connectivity index (χ1v) is 7.04. The fourth-order valence-electron chi connectivity index (χ4n) is 2.61. The first-order valence-electron chi connectivity index (χ1n) is 7.04. The van der Waals surface area contributed by atoms with Crippen LogP contribution in [-0.4, -0.2) is 30.4 Å². The highest BCUT2D eigenvalue weighted by Gasteiger charge is 2.25. The minimum Gasteiger partial charge on any atom is -0.342 e. The third kappa shape index (κ3) is 3.54. The van der Waals surface area contributed by atoms with Gasteiger partial charge in [-0.1, -0.05) is 0 Å². The molecule has 1 aliphatic rings. The lowest BCUT2D eigenvalue weighted by atomic mass is 9.96. The van der Waals surface area contributed by atoms with Gasteiger partial charge >= 0.3 is 0 Å². The summed E-state index contributed by atoms with van der Waals surface area (Å²) in [6.45, 7) is 1.62. The lowest BCUT2D eigenvalue weighted by molar-refractivity contribution is -0.136. The van der Waals surface area contributed by atoms with E-state index in [0.29, 0.717) is 0 Å². The van der Waals surface area contributed by atoms with Gasteiger partial charge < -0.3 is 10.6 Å². The van der Waals surface area contributed by atoms with Crippen molar-refractivity contribution < 1.29 is 13.6 Å². The number of halogens is 2. The summed E-state index contributed by atoms with van der Waals surface area (Å²) in [6.07, 6.45) is 3.28. The molecule has 1 amide bonds. The predicted molar refractivity (Wildman–Crippen MR) is 73.0 cm³/mol. The number of hydrogen-bond donors (Lipinski definition) is 1. The summed E-state index contributed by atoms with van der Waals surface area (Å²) >= 11 is 0. The Kier molecular flexibility index (Phi) is 5.06. The molecule has 0 aliphatic carbocycles. The van der Waals surface area contributed by atoms with Crippen LogP contribution in [0.25, 0.3) is 0 Å². The zero-order chi connectivity index (χ0) is 14.5. The van der Waals surface area contributed by atoms with Gasteiger partial charge in [0.1, 0.15) is 11.6 Å². The van der Waals surface area contributed by atoms with Gasteiger partial charge in [-0.2, -0.15) is 0 Å². The van der Waals surface area contributed by atoms with Gasteiger partial charge in [0.15, 0.2) is 0 Å². The van der Waals surface area contributed by atoms with Crippen LogP contribution in [-0.2, 0) is 11.2 Å². The molecule has 1 aromatic rings. The van der Waals surface area contributed by atoms with Crippen molar-refractivity contribution in [3.05, 3.63) is 35.4 Å². The van der Waals surface area contributed by atoms with Crippen molar-refractivity contribution in [1.29, 1.82) is 0 Å². The second kappa shape index (κ2) is 6.79. The maximum Gasteiger partial charge on any atom is 0.227 e. The number of hydrogen-bond acceptors (Lipinski definition) is 2. The van der Waals surface area contributed by atoms with E-state index in [1.54, 1.807) is 4.90 Å². The summed E-state index contributed by atoms with van der Waals surface area (Å²) < 4.78 is 26.8. The number of likely N-dealkylation sites (tertiary alicyclic amines) is 1. The Morgan fingerprint density at radius 2 is 1.95 bits per heavy atom. The Labute approximate surface area is 117 Å². The lowest BCUT2D eigenvalue weighted by Gasteiger charge is -2.30. The molecular weight excluding hydrogens is 262 g/mol. The molecule has 1 heterocycles. The standard InChI is InChI=1S/C15H20F2N2O/c16-13-4-5-14(17)11(9-13)8-12(10-18)15(20)19-6-2-1-3-7-19/h4-5,9,12H,1-3,6-8,10,18H2. The monoisotopic (exact) mass is 282 g/mol. The Hall–Kier alpha value is -1.49. The van der Waals surface area contributed by atoms with Gasteiger partial charge in [0.2, 0.25) is 5.91 Å². The van der Waals surface area contributed by atoms with Crippen LogP contribution in [0.2, 0.25) is 0 Å². The fourth-order valence-corrected chi connectivity index (χ4v) is 2.61. The second-order valence-corrected chi connectivity index (χ2v) is 5.26. The van der Waals surface area contributed by atoms with E-state index in [1.165, 1.54) is 0 Å². The zero-order valence-electron chi connectivity index (χ0n) is 11.4. The first-order chi connectivity index (χ1) is 9.61. The molecule has 1 saturated heterocycles. The van der Waals surface area contributed by atoms with Crippen molar-refractivity contribution in [3.63, 3.8) is 0 Å². The van der Waals surface area contributed by atoms with Crippen LogP contribution in [0.4, 0.5) is 8.78 Å². The molecule has 0 spiro atoms. The molecule has 1 unspecified atom stereocenters. The van der Waals surface area contributed by atoms with Gasteiger partial charge in [0.05, 0.1) is 5.92 Å². The highest BCUT2D eigenvalue weighted by molar-refractivity contribution is 5.79. The van der Waals surface area contributed by atoms with Crippen LogP contribution in [0.5, 0.6) is 0 Å².